The van der Waals surface area contributed by atoms with E-state index in [1.807, 2.05) is 6.07 Å². The van der Waals surface area contributed by atoms with Crippen molar-refractivity contribution in [2.75, 3.05) is 0 Å². The molecule has 17 heavy (non-hydrogen) atoms. The average molecular weight is 232 g/mol. The Labute approximate surface area is 97.7 Å². The second-order valence-corrected chi connectivity index (χ2v) is 3.65. The first kappa shape index (κ1) is 11.5. The summed E-state index contributed by atoms with van der Waals surface area (Å²) < 4.78 is 26.9. The van der Waals surface area contributed by atoms with Gasteiger partial charge in [0.2, 0.25) is 0 Å². The highest BCUT2D eigenvalue weighted by molar-refractivity contribution is 5.74. The van der Waals surface area contributed by atoms with Gasteiger partial charge >= 0.3 is 5.92 Å². The smallest absolute Gasteiger partial charge is 0.296 e. The molecule has 0 saturated carbocycles. The lowest BCUT2D eigenvalue weighted by Gasteiger charge is -2.14. The Morgan fingerprint density at radius 3 is 2.12 bits per heavy atom. The minimum atomic E-state index is -3.45. The third-order valence-corrected chi connectivity index (χ3v) is 2.52. The number of carbonyl (C=O) groups excluding carboxylic acids is 1. The third-order valence-electron chi connectivity index (χ3n) is 2.52. The van der Waals surface area contributed by atoms with E-state index in [4.69, 9.17) is 0 Å². The standard InChI is InChI=1S/C14H10F2O/c15-14(16,10-17)13-9-5-4-8-12(13)11-6-2-1-3-7-11/h1-10H. The van der Waals surface area contributed by atoms with E-state index in [2.05, 4.69) is 0 Å². The van der Waals surface area contributed by atoms with E-state index < -0.39 is 5.92 Å². The molecule has 0 unspecified atom stereocenters. The molecule has 0 heterocycles. The monoisotopic (exact) mass is 232 g/mol. The van der Waals surface area contributed by atoms with Crippen LogP contribution in [-0.2, 0) is 10.7 Å². The maximum atomic E-state index is 13.5. The minimum Gasteiger partial charge on any atom is -0.296 e. The van der Waals surface area contributed by atoms with Crippen LogP contribution in [0.4, 0.5) is 8.78 Å². The molecule has 0 fully saturated rings. The van der Waals surface area contributed by atoms with Gasteiger partial charge in [-0.25, -0.2) is 0 Å². The molecule has 0 radical (unpaired) electrons. The summed E-state index contributed by atoms with van der Waals surface area (Å²) in [6.07, 6.45) is -0.325. The highest BCUT2D eigenvalue weighted by Gasteiger charge is 2.33. The van der Waals surface area contributed by atoms with Gasteiger partial charge in [0.15, 0.2) is 6.29 Å². The second kappa shape index (κ2) is 4.45. The van der Waals surface area contributed by atoms with Gasteiger partial charge in [-0.3, -0.25) is 4.79 Å². The van der Waals surface area contributed by atoms with E-state index in [1.165, 1.54) is 12.1 Å². The predicted molar refractivity (Wildman–Crippen MR) is 61.8 cm³/mol. The van der Waals surface area contributed by atoms with Gasteiger partial charge in [0.1, 0.15) is 0 Å². The molecule has 2 rings (SSSR count). The Balaban J connectivity index is 2.60. The summed E-state index contributed by atoms with van der Waals surface area (Å²) in [4.78, 5) is 10.5. The molecule has 2 aromatic rings. The van der Waals surface area contributed by atoms with Gasteiger partial charge in [-0.15, -0.1) is 0 Å². The van der Waals surface area contributed by atoms with Crippen molar-refractivity contribution in [1.82, 2.24) is 0 Å². The summed E-state index contributed by atoms with van der Waals surface area (Å²) in [5, 5.41) is 0. The van der Waals surface area contributed by atoms with Crippen molar-refractivity contribution in [3.05, 3.63) is 60.2 Å². The fraction of sp³-hybridized carbons (Fsp3) is 0.0714. The lowest BCUT2D eigenvalue weighted by molar-refractivity contribution is -0.130. The molecule has 0 aromatic heterocycles. The Bertz CT molecular complexity index is 521. The Kier molecular flexibility index (Phi) is 3.00. The molecule has 0 amide bonds. The zero-order chi connectivity index (χ0) is 12.3. The fourth-order valence-corrected chi connectivity index (χ4v) is 1.71. The first-order valence-electron chi connectivity index (χ1n) is 5.14. The molecule has 0 spiro atoms. The summed E-state index contributed by atoms with van der Waals surface area (Å²) >= 11 is 0. The number of carbonyl (C=O) groups is 1. The first-order chi connectivity index (χ1) is 8.15. The first-order valence-corrected chi connectivity index (χ1v) is 5.14. The van der Waals surface area contributed by atoms with Crippen LogP contribution in [0.15, 0.2) is 54.6 Å². The normalized spacial score (nSPS) is 11.2. The molecule has 0 N–H and O–H groups in total. The van der Waals surface area contributed by atoms with E-state index in [0.29, 0.717) is 11.1 Å². The average Bonchev–Trinajstić information content (AvgIpc) is 2.40. The van der Waals surface area contributed by atoms with Gasteiger partial charge in [-0.05, 0) is 11.1 Å². The van der Waals surface area contributed by atoms with Crippen molar-refractivity contribution >= 4 is 6.29 Å². The summed E-state index contributed by atoms with van der Waals surface area (Å²) in [5.74, 6) is -3.45. The third kappa shape index (κ3) is 2.23. The molecule has 1 nitrogen and oxygen atoms in total. The number of rotatable bonds is 3. The van der Waals surface area contributed by atoms with Crippen LogP contribution in [0.5, 0.6) is 0 Å². The van der Waals surface area contributed by atoms with Gasteiger partial charge in [-0.1, -0.05) is 54.6 Å². The molecule has 0 aliphatic heterocycles. The van der Waals surface area contributed by atoms with Crippen LogP contribution in [0.25, 0.3) is 11.1 Å². The van der Waals surface area contributed by atoms with E-state index >= 15 is 0 Å². The maximum Gasteiger partial charge on any atom is 0.328 e. The molecule has 0 saturated heterocycles. The molecule has 0 aliphatic rings. The van der Waals surface area contributed by atoms with Crippen molar-refractivity contribution in [2.24, 2.45) is 0 Å². The van der Waals surface area contributed by atoms with Crippen molar-refractivity contribution < 1.29 is 13.6 Å². The summed E-state index contributed by atoms with van der Waals surface area (Å²) in [5.41, 5.74) is 0.788. The zero-order valence-corrected chi connectivity index (χ0v) is 8.94. The SMILES string of the molecule is O=CC(F)(F)c1ccccc1-c1ccccc1. The molecule has 86 valence electrons. The highest BCUT2D eigenvalue weighted by Crippen LogP contribution is 2.34. The van der Waals surface area contributed by atoms with Crippen molar-refractivity contribution in [2.45, 2.75) is 5.92 Å². The van der Waals surface area contributed by atoms with E-state index in [9.17, 15) is 13.6 Å². The van der Waals surface area contributed by atoms with Crippen LogP contribution in [-0.4, -0.2) is 6.29 Å². The lowest BCUT2D eigenvalue weighted by atomic mass is 9.96. The Morgan fingerprint density at radius 2 is 1.47 bits per heavy atom. The highest BCUT2D eigenvalue weighted by atomic mass is 19.3. The molecule has 0 aliphatic carbocycles. The molecular weight excluding hydrogens is 222 g/mol. The molecule has 0 bridgehead atoms. The molecule has 2 aromatic carbocycles. The number of aldehydes is 1. The molecule has 0 atom stereocenters. The fourth-order valence-electron chi connectivity index (χ4n) is 1.71. The van der Waals surface area contributed by atoms with Crippen LogP contribution >= 0.6 is 0 Å². The van der Waals surface area contributed by atoms with E-state index in [-0.39, 0.29) is 11.8 Å². The van der Waals surface area contributed by atoms with E-state index in [0.717, 1.165) is 0 Å². The largest absolute Gasteiger partial charge is 0.328 e. The number of hydrogen-bond acceptors (Lipinski definition) is 1. The van der Waals surface area contributed by atoms with Gasteiger partial charge < -0.3 is 0 Å². The number of alkyl halides is 2. The summed E-state index contributed by atoms with van der Waals surface area (Å²) in [6.45, 7) is 0. The van der Waals surface area contributed by atoms with Crippen molar-refractivity contribution in [3.8, 4) is 11.1 Å². The van der Waals surface area contributed by atoms with Crippen molar-refractivity contribution in [1.29, 1.82) is 0 Å². The molecular formula is C14H10F2O. The molecule has 3 heteroatoms. The number of hydrogen-bond donors (Lipinski definition) is 0. The predicted octanol–water partition coefficient (Wildman–Crippen LogP) is 3.64. The van der Waals surface area contributed by atoms with Crippen LogP contribution < -0.4 is 0 Å². The van der Waals surface area contributed by atoms with Crippen LogP contribution in [0.2, 0.25) is 0 Å². The number of benzene rings is 2. The number of halogens is 2. The van der Waals surface area contributed by atoms with Gasteiger partial charge in [-0.2, -0.15) is 8.78 Å². The zero-order valence-electron chi connectivity index (χ0n) is 8.94. The van der Waals surface area contributed by atoms with Crippen molar-refractivity contribution in [3.63, 3.8) is 0 Å². The van der Waals surface area contributed by atoms with Gasteiger partial charge in [0, 0.05) is 5.56 Å². The maximum absolute atomic E-state index is 13.5. The van der Waals surface area contributed by atoms with Crippen LogP contribution in [0, 0.1) is 0 Å². The minimum absolute atomic E-state index is 0.263. The van der Waals surface area contributed by atoms with E-state index in [1.54, 1.807) is 36.4 Å². The quantitative estimate of drug-likeness (QED) is 0.738. The second-order valence-electron chi connectivity index (χ2n) is 3.65. The van der Waals surface area contributed by atoms with Crippen LogP contribution in [0.3, 0.4) is 0 Å². The lowest BCUT2D eigenvalue weighted by Crippen LogP contribution is -2.15. The topological polar surface area (TPSA) is 17.1 Å². The van der Waals surface area contributed by atoms with Gasteiger partial charge in [0.25, 0.3) is 0 Å². The van der Waals surface area contributed by atoms with Gasteiger partial charge in [0.05, 0.1) is 0 Å². The summed E-state index contributed by atoms with van der Waals surface area (Å²) in [6, 6.07) is 14.9. The Hall–Kier alpha value is -2.03. The summed E-state index contributed by atoms with van der Waals surface area (Å²) in [7, 11) is 0. The Morgan fingerprint density at radius 1 is 0.882 bits per heavy atom. The van der Waals surface area contributed by atoms with Crippen LogP contribution in [0.1, 0.15) is 5.56 Å².